The van der Waals surface area contributed by atoms with E-state index in [1.54, 1.807) is 6.08 Å². The Morgan fingerprint density at radius 3 is 1.36 bits per heavy atom. The van der Waals surface area contributed by atoms with Crippen LogP contribution in [-0.4, -0.2) is 19.8 Å². The lowest BCUT2D eigenvalue weighted by Gasteiger charge is -2.27. The van der Waals surface area contributed by atoms with Crippen molar-refractivity contribution in [1.82, 2.24) is 0 Å². The van der Waals surface area contributed by atoms with Crippen LogP contribution in [0.2, 0.25) is 0 Å². The Bertz CT molecular complexity index is 2430. The molecule has 8 aromatic carbocycles. The molecule has 0 unspecified atom stereocenters. The maximum absolute atomic E-state index is 5.95. The maximum atomic E-state index is 5.95. The highest BCUT2D eigenvalue weighted by molar-refractivity contribution is 6.00. The minimum atomic E-state index is 0.482. The van der Waals surface area contributed by atoms with Crippen molar-refractivity contribution in [3.8, 4) is 16.9 Å². The highest BCUT2D eigenvalue weighted by Gasteiger charge is 2.17. The van der Waals surface area contributed by atoms with Crippen molar-refractivity contribution < 1.29 is 9.47 Å². The van der Waals surface area contributed by atoms with Gasteiger partial charge in [0.2, 0.25) is 0 Å². The monoisotopic (exact) mass is 688 g/mol. The highest BCUT2D eigenvalue weighted by Crippen LogP contribution is 2.42. The quantitative estimate of drug-likeness (QED) is 0.0889. The molecule has 0 aliphatic heterocycles. The van der Waals surface area contributed by atoms with Gasteiger partial charge in [0, 0.05) is 33.5 Å². The summed E-state index contributed by atoms with van der Waals surface area (Å²) in [6.07, 6.45) is 1.74. The minimum absolute atomic E-state index is 0.482. The number of fused-ring (bicyclic) bond motifs is 2. The first kappa shape index (κ1) is 33.5. The predicted molar refractivity (Wildman–Crippen MR) is 223 cm³/mol. The van der Waals surface area contributed by atoms with Crippen molar-refractivity contribution >= 4 is 55.7 Å². The van der Waals surface area contributed by atoms with Crippen LogP contribution in [0.5, 0.6) is 5.75 Å². The molecule has 0 amide bonds. The Balaban J connectivity index is 1.11. The molecule has 0 N–H and O–H groups in total. The highest BCUT2D eigenvalue weighted by atomic mass is 16.5. The van der Waals surface area contributed by atoms with Gasteiger partial charge in [-0.05, 0) is 94.7 Å². The smallest absolute Gasteiger partial charge is 0.119 e. The Hall–Kier alpha value is -6.62. The summed E-state index contributed by atoms with van der Waals surface area (Å²) in [6, 6.07) is 66.6. The van der Waals surface area contributed by atoms with Gasteiger partial charge in [0.1, 0.15) is 12.4 Å². The first-order valence-corrected chi connectivity index (χ1v) is 18.0. The van der Waals surface area contributed by atoms with Crippen molar-refractivity contribution in [1.29, 1.82) is 0 Å². The van der Waals surface area contributed by atoms with Gasteiger partial charge in [-0.2, -0.15) is 0 Å². The van der Waals surface area contributed by atoms with Crippen molar-refractivity contribution in [2.45, 2.75) is 0 Å². The van der Waals surface area contributed by atoms with Gasteiger partial charge in [-0.25, -0.2) is 0 Å². The molecule has 0 fully saturated rings. The van der Waals surface area contributed by atoms with Gasteiger partial charge in [-0.15, -0.1) is 6.58 Å². The van der Waals surface area contributed by atoms with E-state index in [1.807, 2.05) is 12.1 Å². The summed E-state index contributed by atoms with van der Waals surface area (Å²) >= 11 is 0. The van der Waals surface area contributed by atoms with Gasteiger partial charge in [-0.1, -0.05) is 121 Å². The van der Waals surface area contributed by atoms with Crippen LogP contribution in [-0.2, 0) is 4.74 Å². The van der Waals surface area contributed by atoms with Crippen LogP contribution >= 0.6 is 0 Å². The van der Waals surface area contributed by atoms with Gasteiger partial charge in [-0.3, -0.25) is 0 Å². The fraction of sp³-hybridized carbons (Fsp3) is 0.0612. The summed E-state index contributed by atoms with van der Waals surface area (Å²) in [7, 11) is 0. The third-order valence-corrected chi connectivity index (χ3v) is 9.44. The summed E-state index contributed by atoms with van der Waals surface area (Å²) in [5.74, 6) is 0.805. The number of benzene rings is 8. The molecule has 0 heterocycles. The number of rotatable bonds is 13. The molecule has 8 rings (SSSR count). The normalized spacial score (nSPS) is 11.0. The number of hydrogen-bond donors (Lipinski definition) is 0. The van der Waals surface area contributed by atoms with Gasteiger partial charge in [0.25, 0.3) is 0 Å². The van der Waals surface area contributed by atoms with E-state index >= 15 is 0 Å². The fourth-order valence-electron chi connectivity index (χ4n) is 6.92. The van der Waals surface area contributed by atoms with Crippen molar-refractivity contribution in [2.75, 3.05) is 29.6 Å². The third kappa shape index (κ3) is 7.27. The first-order valence-electron chi connectivity index (χ1n) is 18.0. The topological polar surface area (TPSA) is 24.9 Å². The molecule has 0 radical (unpaired) electrons. The zero-order valence-electron chi connectivity index (χ0n) is 29.5. The van der Waals surface area contributed by atoms with E-state index in [4.69, 9.17) is 9.47 Å². The fourth-order valence-corrected chi connectivity index (χ4v) is 6.92. The van der Waals surface area contributed by atoms with Gasteiger partial charge in [0.05, 0.1) is 24.6 Å². The molecule has 0 saturated heterocycles. The number of para-hydroxylation sites is 1. The average molecular weight is 689 g/mol. The molecule has 0 saturated carbocycles. The first-order chi connectivity index (χ1) is 26.3. The maximum Gasteiger partial charge on any atom is 0.119 e. The number of hydrogen-bond acceptors (Lipinski definition) is 4. The number of anilines is 6. The second-order valence-electron chi connectivity index (χ2n) is 12.8. The molecule has 8 aromatic rings. The standard InChI is InChI=1S/C49H40N2O2/c1-2-34-52-35-36-53-45-32-30-44(31-33-45)51(49-21-11-15-40-13-7-9-19-47(40)49)43-28-24-38(25-29-43)37-22-26-42(27-23-37)50(41-16-4-3-5-17-41)48-20-10-14-39-12-6-8-18-46(39)48/h2-33H,1,34-36H2. The molecule has 258 valence electrons. The zero-order valence-corrected chi connectivity index (χ0v) is 29.5. The largest absolute Gasteiger partial charge is 0.491 e. The lowest BCUT2D eigenvalue weighted by atomic mass is 10.0. The zero-order chi connectivity index (χ0) is 35.8. The van der Waals surface area contributed by atoms with E-state index in [0.717, 1.165) is 51.0 Å². The summed E-state index contributed by atoms with van der Waals surface area (Å²) in [5.41, 5.74) is 8.90. The minimum Gasteiger partial charge on any atom is -0.491 e. The van der Waals surface area contributed by atoms with Crippen LogP contribution in [0.4, 0.5) is 34.1 Å². The van der Waals surface area contributed by atoms with E-state index < -0.39 is 0 Å². The van der Waals surface area contributed by atoms with Crippen LogP contribution in [0.15, 0.2) is 201 Å². The Labute approximate surface area is 311 Å². The van der Waals surface area contributed by atoms with Gasteiger partial charge >= 0.3 is 0 Å². The molecule has 0 aromatic heterocycles. The Morgan fingerprint density at radius 2 is 0.849 bits per heavy atom. The summed E-state index contributed by atoms with van der Waals surface area (Å²) in [6.45, 7) is 5.21. The molecule has 0 atom stereocenters. The molecule has 0 spiro atoms. The molecular weight excluding hydrogens is 649 g/mol. The summed E-state index contributed by atoms with van der Waals surface area (Å²) in [5, 5.41) is 4.81. The van der Waals surface area contributed by atoms with Crippen LogP contribution < -0.4 is 14.5 Å². The van der Waals surface area contributed by atoms with Crippen molar-refractivity contribution in [3.63, 3.8) is 0 Å². The SMILES string of the molecule is C=CCOCCOc1ccc(N(c2ccc(-c3ccc(N(c4ccccc4)c4cccc5ccccc45)cc3)cc2)c2cccc3ccccc23)cc1. The second kappa shape index (κ2) is 15.7. The van der Waals surface area contributed by atoms with Crippen molar-refractivity contribution in [3.05, 3.63) is 201 Å². The molecule has 0 aliphatic carbocycles. The predicted octanol–water partition coefficient (Wildman–Crippen LogP) is 13.2. The molecule has 4 nitrogen and oxygen atoms in total. The van der Waals surface area contributed by atoms with Gasteiger partial charge < -0.3 is 19.3 Å². The van der Waals surface area contributed by atoms with Crippen LogP contribution in [0.25, 0.3) is 32.7 Å². The van der Waals surface area contributed by atoms with Crippen LogP contribution in [0.1, 0.15) is 0 Å². The van der Waals surface area contributed by atoms with Gasteiger partial charge in [0.15, 0.2) is 0 Å². The lowest BCUT2D eigenvalue weighted by Crippen LogP contribution is -2.11. The summed E-state index contributed by atoms with van der Waals surface area (Å²) in [4.78, 5) is 4.65. The second-order valence-corrected chi connectivity index (χ2v) is 12.8. The molecule has 4 heteroatoms. The van der Waals surface area contributed by atoms with Crippen LogP contribution in [0.3, 0.4) is 0 Å². The third-order valence-electron chi connectivity index (χ3n) is 9.44. The number of nitrogens with zero attached hydrogens (tertiary/aromatic N) is 2. The Morgan fingerprint density at radius 1 is 0.415 bits per heavy atom. The van der Waals surface area contributed by atoms with E-state index in [-0.39, 0.29) is 0 Å². The number of ether oxygens (including phenoxy) is 2. The average Bonchev–Trinajstić information content (AvgIpc) is 3.23. The Kier molecular flexibility index (Phi) is 9.95. The summed E-state index contributed by atoms with van der Waals surface area (Å²) < 4.78 is 11.4. The molecule has 0 aliphatic rings. The molecule has 0 bridgehead atoms. The van der Waals surface area contributed by atoms with E-state index in [2.05, 4.69) is 192 Å². The van der Waals surface area contributed by atoms with Crippen LogP contribution in [0, 0.1) is 0 Å². The van der Waals surface area contributed by atoms with E-state index in [1.165, 1.54) is 21.5 Å². The van der Waals surface area contributed by atoms with E-state index in [0.29, 0.717) is 19.8 Å². The lowest BCUT2D eigenvalue weighted by molar-refractivity contribution is 0.121. The van der Waals surface area contributed by atoms with E-state index in [9.17, 15) is 0 Å². The molecular formula is C49H40N2O2. The molecule has 53 heavy (non-hydrogen) atoms. The van der Waals surface area contributed by atoms with Crippen molar-refractivity contribution in [2.24, 2.45) is 0 Å².